The number of halogens is 1. The molecule has 0 N–H and O–H groups in total. The molecule has 0 bridgehead atoms. The van der Waals surface area contributed by atoms with Gasteiger partial charge in [0, 0.05) is 39.5 Å². The van der Waals surface area contributed by atoms with Gasteiger partial charge in [0.25, 0.3) is 0 Å². The summed E-state index contributed by atoms with van der Waals surface area (Å²) in [5.41, 5.74) is 25.5. The molecule has 0 aliphatic heterocycles. The molecular formula is C87H96ClN3. The second kappa shape index (κ2) is 23.5. The molecule has 11 rings (SSSR count). The van der Waals surface area contributed by atoms with Gasteiger partial charge in [0.2, 0.25) is 0 Å². The summed E-state index contributed by atoms with van der Waals surface area (Å²) in [7, 11) is 0. The number of fused-ring (bicyclic) bond motifs is 3. The van der Waals surface area contributed by atoms with Crippen molar-refractivity contribution in [2.24, 2.45) is 0 Å². The molecule has 1 aliphatic carbocycles. The molecular weight excluding hydrogens is 1120 g/mol. The van der Waals surface area contributed by atoms with Crippen LogP contribution in [0.5, 0.6) is 0 Å². The van der Waals surface area contributed by atoms with Gasteiger partial charge in [-0.05, 0) is 201 Å². The average molecular weight is 1220 g/mol. The molecule has 0 saturated heterocycles. The highest BCUT2D eigenvalue weighted by Gasteiger charge is 2.37. The summed E-state index contributed by atoms with van der Waals surface area (Å²) >= 11 is 8.65. The number of hydrogen-bond acceptors (Lipinski definition) is 3. The van der Waals surface area contributed by atoms with Crippen molar-refractivity contribution in [2.75, 3.05) is 14.7 Å². The Labute approximate surface area is 551 Å². The van der Waals surface area contributed by atoms with Crippen LogP contribution in [-0.4, -0.2) is 0 Å². The molecule has 0 fully saturated rings. The molecule has 466 valence electrons. The minimum absolute atomic E-state index is 0.00349. The van der Waals surface area contributed by atoms with Crippen LogP contribution in [0.2, 0.25) is 5.02 Å². The molecule has 0 atom stereocenters. The predicted octanol–water partition coefficient (Wildman–Crippen LogP) is 26.2. The van der Waals surface area contributed by atoms with Crippen LogP contribution in [0.25, 0.3) is 33.4 Å². The maximum Gasteiger partial charge on any atom is 0.0888 e. The van der Waals surface area contributed by atoms with Gasteiger partial charge in [-0.2, -0.15) is 0 Å². The Kier molecular flexibility index (Phi) is 16.7. The van der Waals surface area contributed by atoms with Crippen molar-refractivity contribution in [1.29, 1.82) is 0 Å². The highest BCUT2D eigenvalue weighted by atomic mass is 35.5. The van der Waals surface area contributed by atoms with E-state index in [1.165, 1.54) is 55.6 Å². The lowest BCUT2D eigenvalue weighted by atomic mass is 9.82. The molecule has 4 heteroatoms. The zero-order chi connectivity index (χ0) is 65.5. The van der Waals surface area contributed by atoms with Gasteiger partial charge < -0.3 is 14.7 Å². The fourth-order valence-corrected chi connectivity index (χ4v) is 13.3. The van der Waals surface area contributed by atoms with E-state index in [0.29, 0.717) is 5.02 Å². The Morgan fingerprint density at radius 3 is 0.890 bits per heavy atom. The van der Waals surface area contributed by atoms with Crippen molar-refractivity contribution in [3.05, 3.63) is 268 Å². The lowest BCUT2D eigenvalue weighted by molar-refractivity contribution is 0.590. The molecule has 3 nitrogen and oxygen atoms in total. The minimum Gasteiger partial charge on any atom is -0.310 e. The van der Waals surface area contributed by atoms with E-state index < -0.39 is 0 Å². The maximum atomic E-state index is 8.65. The summed E-state index contributed by atoms with van der Waals surface area (Å²) in [4.78, 5) is 7.28. The second-order valence-corrected chi connectivity index (χ2v) is 32.7. The summed E-state index contributed by atoms with van der Waals surface area (Å²) in [5.74, 6) is 0. The van der Waals surface area contributed by atoms with E-state index in [0.717, 1.165) is 73.4 Å². The van der Waals surface area contributed by atoms with Crippen LogP contribution in [-0.2, 0) is 37.9 Å². The van der Waals surface area contributed by atoms with Crippen LogP contribution in [0, 0.1) is 0 Å². The van der Waals surface area contributed by atoms with Gasteiger partial charge in [0.1, 0.15) is 0 Å². The maximum absolute atomic E-state index is 8.65. The topological polar surface area (TPSA) is 9.72 Å². The van der Waals surface area contributed by atoms with E-state index in [1.807, 2.05) is 0 Å². The largest absolute Gasteiger partial charge is 0.310 e. The molecule has 0 heterocycles. The Hall–Kier alpha value is -8.11. The number of nitrogens with zero attached hydrogens (tertiary/aromatic N) is 3. The van der Waals surface area contributed by atoms with E-state index in [9.17, 15) is 0 Å². The fraction of sp³-hybridized carbons (Fsp3) is 0.310. The summed E-state index contributed by atoms with van der Waals surface area (Å²) in [6.07, 6.45) is 0. The number of rotatable bonds is 11. The van der Waals surface area contributed by atoms with E-state index in [1.54, 1.807) is 0 Å². The van der Waals surface area contributed by atoms with Gasteiger partial charge in [-0.15, -0.1) is 0 Å². The summed E-state index contributed by atoms with van der Waals surface area (Å²) in [6.45, 7) is 45.9. The molecule has 0 amide bonds. The summed E-state index contributed by atoms with van der Waals surface area (Å²) in [6, 6.07) is 82.9. The lowest BCUT2D eigenvalue weighted by Gasteiger charge is -2.35. The fourth-order valence-electron chi connectivity index (χ4n) is 13.0. The van der Waals surface area contributed by atoms with Crippen molar-refractivity contribution in [3.63, 3.8) is 0 Å². The molecule has 1 aliphatic rings. The van der Waals surface area contributed by atoms with Crippen LogP contribution in [0.15, 0.2) is 218 Å². The average Bonchev–Trinajstić information content (AvgIpc) is 1.53. The highest BCUT2D eigenvalue weighted by molar-refractivity contribution is 6.37. The molecule has 0 unspecified atom stereocenters. The van der Waals surface area contributed by atoms with Crippen LogP contribution < -0.4 is 14.7 Å². The second-order valence-electron chi connectivity index (χ2n) is 32.3. The smallest absolute Gasteiger partial charge is 0.0888 e. The third kappa shape index (κ3) is 13.1. The van der Waals surface area contributed by atoms with Crippen LogP contribution >= 0.6 is 11.6 Å². The van der Waals surface area contributed by atoms with Crippen LogP contribution in [0.1, 0.15) is 183 Å². The zero-order valence-corrected chi connectivity index (χ0v) is 58.8. The number of anilines is 9. The van der Waals surface area contributed by atoms with Crippen molar-refractivity contribution in [1.82, 2.24) is 0 Å². The summed E-state index contributed by atoms with van der Waals surface area (Å²) < 4.78 is 0. The van der Waals surface area contributed by atoms with Gasteiger partial charge in [0.05, 0.1) is 22.1 Å². The normalized spacial score (nSPS) is 13.4. The van der Waals surface area contributed by atoms with E-state index in [-0.39, 0.29) is 37.9 Å². The Morgan fingerprint density at radius 2 is 0.538 bits per heavy atom. The molecule has 0 spiro atoms. The summed E-state index contributed by atoms with van der Waals surface area (Å²) in [5, 5.41) is 0.605. The van der Waals surface area contributed by atoms with Crippen LogP contribution in [0.4, 0.5) is 51.2 Å². The highest BCUT2D eigenvalue weighted by Crippen LogP contribution is 2.55. The molecule has 10 aromatic carbocycles. The molecule has 0 radical (unpaired) electrons. The number of hydrogen-bond donors (Lipinski definition) is 0. The first-order valence-electron chi connectivity index (χ1n) is 32.8. The SMILES string of the molecule is CC(C)(C)c1ccc(-c2cc(-c3ccc(C(C)(C)C)cc3)cc(N(c3ccc(C(C)(C)C)cc3)c3cc(N(c4ccc(C(C)(C)C)cc4)c4ccc5c(c4)C(C)(C)c4ccccc4-5)cc(N(c4ccc(C(C)(C)C)cc4)c4ccc(C(C)(C)C)cc4)c3Cl)c2)cc1. The first-order chi connectivity index (χ1) is 42.6. The van der Waals surface area contributed by atoms with E-state index in [2.05, 4.69) is 372 Å². The Morgan fingerprint density at radius 1 is 0.253 bits per heavy atom. The van der Waals surface area contributed by atoms with Crippen LogP contribution in [0.3, 0.4) is 0 Å². The Balaban J connectivity index is 1.27. The minimum atomic E-state index is -0.242. The third-order valence-electron chi connectivity index (χ3n) is 18.9. The van der Waals surface area contributed by atoms with Gasteiger partial charge in [-0.3, -0.25) is 0 Å². The quantitative estimate of drug-likeness (QED) is 0.128. The van der Waals surface area contributed by atoms with Gasteiger partial charge in [-0.1, -0.05) is 277 Å². The van der Waals surface area contributed by atoms with Gasteiger partial charge in [-0.25, -0.2) is 0 Å². The van der Waals surface area contributed by atoms with Crippen molar-refractivity contribution >= 4 is 62.8 Å². The number of benzene rings is 10. The Bertz CT molecular complexity index is 4120. The van der Waals surface area contributed by atoms with E-state index >= 15 is 0 Å². The zero-order valence-electron chi connectivity index (χ0n) is 58.0. The molecule has 10 aromatic rings. The molecule has 91 heavy (non-hydrogen) atoms. The molecule has 0 aromatic heterocycles. The van der Waals surface area contributed by atoms with Crippen molar-refractivity contribution < 1.29 is 0 Å². The standard InChI is InChI=1S/C87H96ClN3/c1-81(2,3)61-29-25-57(26-30-61)59-51-60(58-27-31-62(32-28-58)82(4,5)6)53-72(52-59)91(70-47-39-66(40-48-70)86(16,17)18)79-56-73(55-78(80(79)88)90(68-43-35-64(36-44-68)84(10,11)12)69-45-37-65(38-46-69)85(13,14)15)89(67-41-33-63(34-42-67)83(7,8)9)71-49-50-75-74-23-21-22-24-76(74)87(19,20)77(75)54-71/h21-56H,1-20H3. The monoisotopic (exact) mass is 1220 g/mol. The molecule has 0 saturated carbocycles. The first kappa shape index (κ1) is 64.4. The van der Waals surface area contributed by atoms with Gasteiger partial charge >= 0.3 is 0 Å². The predicted molar refractivity (Wildman–Crippen MR) is 396 cm³/mol. The van der Waals surface area contributed by atoms with Crippen molar-refractivity contribution in [2.45, 2.75) is 176 Å². The van der Waals surface area contributed by atoms with E-state index in [4.69, 9.17) is 11.6 Å². The van der Waals surface area contributed by atoms with Crippen molar-refractivity contribution in [3.8, 4) is 33.4 Å². The lowest BCUT2D eigenvalue weighted by Crippen LogP contribution is -2.19. The van der Waals surface area contributed by atoms with Gasteiger partial charge in [0.15, 0.2) is 0 Å². The first-order valence-corrected chi connectivity index (χ1v) is 33.2. The third-order valence-corrected chi connectivity index (χ3v) is 19.3.